The second-order valence-corrected chi connectivity index (χ2v) is 6.27. The third-order valence-electron chi connectivity index (χ3n) is 3.65. The van der Waals surface area contributed by atoms with Gasteiger partial charge in [-0.3, -0.25) is 0 Å². The number of para-hydroxylation sites is 1. The first-order chi connectivity index (χ1) is 9.59. The lowest BCUT2D eigenvalue weighted by atomic mass is 9.87. The van der Waals surface area contributed by atoms with Crippen molar-refractivity contribution in [2.45, 2.75) is 59.9 Å². The van der Waals surface area contributed by atoms with Gasteiger partial charge in [0.05, 0.1) is 6.61 Å². The fourth-order valence-corrected chi connectivity index (χ4v) is 2.42. The summed E-state index contributed by atoms with van der Waals surface area (Å²) in [5.74, 6) is 1.01. The molecule has 0 amide bonds. The largest absolute Gasteiger partial charge is 0.494 e. The molecule has 0 bridgehead atoms. The summed E-state index contributed by atoms with van der Waals surface area (Å²) in [6.07, 6.45) is 5.27. The average molecular weight is 277 g/mol. The molecule has 1 aromatic carbocycles. The number of rotatable bonds is 10. The predicted molar refractivity (Wildman–Crippen MR) is 87.2 cm³/mol. The Kier molecular flexibility index (Phi) is 7.68. The van der Waals surface area contributed by atoms with Gasteiger partial charge in [0.2, 0.25) is 0 Å². The maximum Gasteiger partial charge on any atom is 0.123 e. The molecule has 114 valence electrons. The highest BCUT2D eigenvalue weighted by molar-refractivity contribution is 5.33. The molecule has 0 aliphatic heterocycles. The molecule has 0 saturated heterocycles. The molecule has 0 radical (unpaired) electrons. The van der Waals surface area contributed by atoms with Gasteiger partial charge in [-0.25, -0.2) is 0 Å². The second kappa shape index (κ2) is 9.02. The van der Waals surface area contributed by atoms with Gasteiger partial charge in [0.15, 0.2) is 0 Å². The molecule has 2 heteroatoms. The molecule has 0 atom stereocenters. The molecular weight excluding hydrogens is 246 g/mol. The number of benzene rings is 1. The van der Waals surface area contributed by atoms with Gasteiger partial charge >= 0.3 is 0 Å². The minimum absolute atomic E-state index is 0.371. The maximum absolute atomic E-state index is 5.66. The van der Waals surface area contributed by atoms with Crippen molar-refractivity contribution in [3.05, 3.63) is 29.8 Å². The van der Waals surface area contributed by atoms with Gasteiger partial charge in [-0.2, -0.15) is 0 Å². The monoisotopic (exact) mass is 277 g/mol. The molecule has 20 heavy (non-hydrogen) atoms. The topological polar surface area (TPSA) is 21.3 Å². The van der Waals surface area contributed by atoms with Crippen LogP contribution in [0.1, 0.15) is 58.9 Å². The van der Waals surface area contributed by atoms with E-state index in [0.29, 0.717) is 5.41 Å². The quantitative estimate of drug-likeness (QED) is 0.621. The molecule has 0 aromatic heterocycles. The van der Waals surface area contributed by atoms with Crippen LogP contribution in [0.25, 0.3) is 0 Å². The van der Waals surface area contributed by atoms with E-state index in [0.717, 1.165) is 25.4 Å². The van der Waals surface area contributed by atoms with Crippen LogP contribution < -0.4 is 10.1 Å². The van der Waals surface area contributed by atoms with Crippen molar-refractivity contribution in [1.82, 2.24) is 5.32 Å². The third kappa shape index (κ3) is 6.42. The highest BCUT2D eigenvalue weighted by Gasteiger charge is 2.16. The Morgan fingerprint density at radius 2 is 1.85 bits per heavy atom. The number of hydrogen-bond donors (Lipinski definition) is 1. The molecular formula is C18H31NO. The van der Waals surface area contributed by atoms with E-state index in [9.17, 15) is 0 Å². The van der Waals surface area contributed by atoms with E-state index in [1.807, 2.05) is 19.1 Å². The summed E-state index contributed by atoms with van der Waals surface area (Å²) in [6, 6.07) is 8.30. The summed E-state index contributed by atoms with van der Waals surface area (Å²) in [4.78, 5) is 0. The molecule has 0 spiro atoms. The Morgan fingerprint density at radius 1 is 1.10 bits per heavy atom. The van der Waals surface area contributed by atoms with Crippen LogP contribution in [0.5, 0.6) is 5.75 Å². The smallest absolute Gasteiger partial charge is 0.123 e. The highest BCUT2D eigenvalue weighted by Crippen LogP contribution is 2.23. The van der Waals surface area contributed by atoms with Crippen molar-refractivity contribution in [2.24, 2.45) is 5.41 Å². The summed E-state index contributed by atoms with van der Waals surface area (Å²) in [5, 5.41) is 3.59. The molecule has 1 aromatic rings. The van der Waals surface area contributed by atoms with E-state index in [1.54, 1.807) is 0 Å². The number of ether oxygens (including phenoxy) is 1. The Hall–Kier alpha value is -1.02. The average Bonchev–Trinajstić information content (AvgIpc) is 2.41. The number of hydrogen-bond acceptors (Lipinski definition) is 2. The summed E-state index contributed by atoms with van der Waals surface area (Å²) in [6.45, 7) is 11.6. The maximum atomic E-state index is 5.66. The van der Waals surface area contributed by atoms with Crippen molar-refractivity contribution < 1.29 is 4.74 Å². The number of nitrogens with one attached hydrogen (secondary N) is 1. The summed E-state index contributed by atoms with van der Waals surface area (Å²) >= 11 is 0. The van der Waals surface area contributed by atoms with E-state index in [2.05, 4.69) is 38.2 Å². The summed E-state index contributed by atoms with van der Waals surface area (Å²) in [7, 11) is 0. The van der Waals surface area contributed by atoms with Crippen LogP contribution in [0.2, 0.25) is 0 Å². The Morgan fingerprint density at radius 3 is 2.55 bits per heavy atom. The van der Waals surface area contributed by atoms with E-state index in [4.69, 9.17) is 4.74 Å². The summed E-state index contributed by atoms with van der Waals surface area (Å²) in [5.41, 5.74) is 1.62. The van der Waals surface area contributed by atoms with Crippen molar-refractivity contribution in [1.29, 1.82) is 0 Å². The first kappa shape index (κ1) is 17.0. The standard InChI is InChI=1S/C18H31NO/c1-5-7-10-13-18(3,4)15-19-14-16-11-8-9-12-17(16)20-6-2/h8-9,11-12,19H,5-7,10,13-15H2,1-4H3. The van der Waals surface area contributed by atoms with Crippen LogP contribution in [0.4, 0.5) is 0 Å². The van der Waals surface area contributed by atoms with Crippen molar-refractivity contribution in [2.75, 3.05) is 13.2 Å². The molecule has 0 saturated carbocycles. The molecule has 0 unspecified atom stereocenters. The van der Waals surface area contributed by atoms with Gasteiger partial charge in [0, 0.05) is 18.7 Å². The fraction of sp³-hybridized carbons (Fsp3) is 0.667. The zero-order chi connectivity index (χ0) is 14.8. The van der Waals surface area contributed by atoms with Crippen molar-refractivity contribution in [3.8, 4) is 5.75 Å². The first-order valence-electron chi connectivity index (χ1n) is 8.00. The minimum Gasteiger partial charge on any atom is -0.494 e. The number of unbranched alkanes of at least 4 members (excludes halogenated alkanes) is 2. The summed E-state index contributed by atoms with van der Waals surface area (Å²) < 4.78 is 5.66. The van der Waals surface area contributed by atoms with Gasteiger partial charge < -0.3 is 10.1 Å². The van der Waals surface area contributed by atoms with E-state index in [1.165, 1.54) is 31.2 Å². The highest BCUT2D eigenvalue weighted by atomic mass is 16.5. The van der Waals surface area contributed by atoms with Gasteiger partial charge in [0.25, 0.3) is 0 Å². The molecule has 0 aliphatic rings. The lowest BCUT2D eigenvalue weighted by Crippen LogP contribution is -2.29. The molecule has 2 nitrogen and oxygen atoms in total. The molecule has 0 aliphatic carbocycles. The van der Waals surface area contributed by atoms with Gasteiger partial charge in [0.1, 0.15) is 5.75 Å². The van der Waals surface area contributed by atoms with Crippen LogP contribution in [-0.4, -0.2) is 13.2 Å². The first-order valence-corrected chi connectivity index (χ1v) is 8.00. The third-order valence-corrected chi connectivity index (χ3v) is 3.65. The second-order valence-electron chi connectivity index (χ2n) is 6.27. The lowest BCUT2D eigenvalue weighted by Gasteiger charge is -2.25. The normalized spacial score (nSPS) is 11.6. The van der Waals surface area contributed by atoms with Crippen LogP contribution in [0.3, 0.4) is 0 Å². The minimum atomic E-state index is 0.371. The van der Waals surface area contributed by atoms with E-state index in [-0.39, 0.29) is 0 Å². The Balaban J connectivity index is 2.39. The van der Waals surface area contributed by atoms with E-state index >= 15 is 0 Å². The van der Waals surface area contributed by atoms with E-state index < -0.39 is 0 Å². The van der Waals surface area contributed by atoms with Crippen molar-refractivity contribution >= 4 is 0 Å². The van der Waals surface area contributed by atoms with Crippen LogP contribution in [0, 0.1) is 5.41 Å². The molecule has 0 heterocycles. The predicted octanol–water partition coefficient (Wildman–Crippen LogP) is 4.78. The fourth-order valence-electron chi connectivity index (χ4n) is 2.42. The van der Waals surface area contributed by atoms with Crippen LogP contribution >= 0.6 is 0 Å². The SMILES string of the molecule is CCCCCC(C)(C)CNCc1ccccc1OCC. The van der Waals surface area contributed by atoms with Crippen LogP contribution in [0.15, 0.2) is 24.3 Å². The van der Waals surface area contributed by atoms with Gasteiger partial charge in [-0.05, 0) is 24.8 Å². The molecule has 1 rings (SSSR count). The van der Waals surface area contributed by atoms with Crippen molar-refractivity contribution in [3.63, 3.8) is 0 Å². The van der Waals surface area contributed by atoms with Gasteiger partial charge in [-0.1, -0.05) is 58.2 Å². The van der Waals surface area contributed by atoms with Crippen LogP contribution in [-0.2, 0) is 6.54 Å². The Bertz CT molecular complexity index is 373. The Labute approximate surface area is 124 Å². The molecule has 1 N–H and O–H groups in total. The lowest BCUT2D eigenvalue weighted by molar-refractivity contribution is 0.298. The van der Waals surface area contributed by atoms with Gasteiger partial charge in [-0.15, -0.1) is 0 Å². The molecule has 0 fully saturated rings. The zero-order valence-corrected chi connectivity index (χ0v) is 13.7. The zero-order valence-electron chi connectivity index (χ0n) is 13.7.